The average molecular weight is 386 g/mol. The minimum Gasteiger partial charge on any atom is -0.380 e. The molecule has 2 aromatic rings. The molecule has 6 heteroatoms. The van der Waals surface area contributed by atoms with Crippen LogP contribution in [-0.2, 0) is 11.3 Å². The van der Waals surface area contributed by atoms with E-state index in [1.807, 2.05) is 47.5 Å². The molecular weight excluding hydrogens is 369 g/mol. The van der Waals surface area contributed by atoms with Gasteiger partial charge in [-0.2, -0.15) is 4.99 Å². The highest BCUT2D eigenvalue weighted by Crippen LogP contribution is 2.33. The first-order valence-corrected chi connectivity index (χ1v) is 8.96. The minimum atomic E-state index is 0.586. The zero-order chi connectivity index (χ0) is 18.1. The Kier molecular flexibility index (Phi) is 4.83. The molecule has 0 unspecified atom stereocenters. The quantitative estimate of drug-likeness (QED) is 0.553. The number of fused-ring (bicyclic) bond motifs is 1. The molecule has 2 aromatic carbocycles. The molecular formula is C20H17Cl2N3O+. The van der Waals surface area contributed by atoms with E-state index in [1.54, 1.807) is 7.11 Å². The van der Waals surface area contributed by atoms with Crippen LogP contribution in [0.25, 0.3) is 5.70 Å². The average Bonchev–Trinajstić information content (AvgIpc) is 2.99. The van der Waals surface area contributed by atoms with Crippen LogP contribution in [0.5, 0.6) is 0 Å². The van der Waals surface area contributed by atoms with Crippen LogP contribution >= 0.6 is 23.2 Å². The second-order valence-electron chi connectivity index (χ2n) is 6.07. The fourth-order valence-electron chi connectivity index (χ4n) is 3.02. The van der Waals surface area contributed by atoms with Gasteiger partial charge in [-0.05, 0) is 46.3 Å². The highest BCUT2D eigenvalue weighted by molar-refractivity contribution is 6.36. The number of nitrogens with zero attached hydrogens (tertiary/aromatic N) is 3. The molecule has 0 aromatic heterocycles. The van der Waals surface area contributed by atoms with Crippen LogP contribution in [0, 0.1) is 0 Å². The molecule has 4 rings (SSSR count). The van der Waals surface area contributed by atoms with Crippen molar-refractivity contribution in [2.45, 2.75) is 6.61 Å². The summed E-state index contributed by atoms with van der Waals surface area (Å²) in [6.07, 6.45) is 3.99. The summed E-state index contributed by atoms with van der Waals surface area (Å²) in [6.45, 7) is 1.19. The van der Waals surface area contributed by atoms with Crippen molar-refractivity contribution in [1.82, 2.24) is 4.90 Å². The molecule has 4 nitrogen and oxygen atoms in total. The molecule has 2 aliphatic heterocycles. The highest BCUT2D eigenvalue weighted by atomic mass is 35.5. The predicted molar refractivity (Wildman–Crippen MR) is 107 cm³/mol. The zero-order valence-corrected chi connectivity index (χ0v) is 15.7. The number of ether oxygens (including phenoxy) is 1. The number of halogens is 2. The topological polar surface area (TPSA) is 30.7 Å². The molecule has 0 aliphatic carbocycles. The fraction of sp³-hybridized carbons (Fsp3) is 0.150. The number of methoxy groups -OCH3 is 1. The van der Waals surface area contributed by atoms with Gasteiger partial charge in [0, 0.05) is 35.7 Å². The Morgan fingerprint density at radius 3 is 2.73 bits per heavy atom. The normalized spacial score (nSPS) is 16.9. The number of hydrogen-bond donors (Lipinski definition) is 0. The second-order valence-corrected chi connectivity index (χ2v) is 6.87. The van der Waals surface area contributed by atoms with Gasteiger partial charge in [0.15, 0.2) is 5.70 Å². The number of aliphatic imine (C=N–C) groups is 1. The lowest BCUT2D eigenvalue weighted by Gasteiger charge is -2.23. The fourth-order valence-corrected chi connectivity index (χ4v) is 3.44. The van der Waals surface area contributed by atoms with Crippen molar-refractivity contribution in [3.63, 3.8) is 0 Å². The van der Waals surface area contributed by atoms with Crippen molar-refractivity contribution < 1.29 is 4.74 Å². The maximum absolute atomic E-state index is 6.64. The number of amidine groups is 1. The summed E-state index contributed by atoms with van der Waals surface area (Å²) in [6, 6.07) is 15.8. The van der Waals surface area contributed by atoms with Gasteiger partial charge in [0.05, 0.1) is 6.61 Å². The number of anilines is 1. The Morgan fingerprint density at radius 1 is 1.15 bits per heavy atom. The van der Waals surface area contributed by atoms with E-state index in [2.05, 4.69) is 28.1 Å². The molecule has 0 amide bonds. The smallest absolute Gasteiger partial charge is 0.286 e. The largest absolute Gasteiger partial charge is 0.380 e. The molecule has 2 heterocycles. The number of benzene rings is 2. The Balaban J connectivity index is 1.61. The monoisotopic (exact) mass is 385 g/mol. The van der Waals surface area contributed by atoms with E-state index < -0.39 is 0 Å². The van der Waals surface area contributed by atoms with Crippen molar-refractivity contribution in [1.29, 1.82) is 0 Å². The van der Waals surface area contributed by atoms with Crippen molar-refractivity contribution in [3.8, 4) is 0 Å². The van der Waals surface area contributed by atoms with Gasteiger partial charge in [-0.25, -0.2) is 0 Å². The van der Waals surface area contributed by atoms with Crippen LogP contribution in [0.2, 0.25) is 5.02 Å². The molecule has 26 heavy (non-hydrogen) atoms. The van der Waals surface area contributed by atoms with E-state index >= 15 is 0 Å². The molecule has 2 aliphatic rings. The maximum Gasteiger partial charge on any atom is 0.286 e. The van der Waals surface area contributed by atoms with E-state index in [0.29, 0.717) is 23.5 Å². The Morgan fingerprint density at radius 2 is 1.96 bits per heavy atom. The molecule has 0 N–H and O–H groups in total. The summed E-state index contributed by atoms with van der Waals surface area (Å²) in [7, 11) is 1.70. The van der Waals surface area contributed by atoms with Gasteiger partial charge in [-0.1, -0.05) is 35.9 Å². The van der Waals surface area contributed by atoms with Crippen molar-refractivity contribution in [2.24, 2.45) is 4.99 Å². The first-order valence-electron chi connectivity index (χ1n) is 8.20. The molecule has 0 atom stereocenters. The lowest BCUT2D eigenvalue weighted by atomic mass is 10.2. The molecule has 131 valence electrons. The summed E-state index contributed by atoms with van der Waals surface area (Å²) in [5.41, 5.74) is 3.92. The highest BCUT2D eigenvalue weighted by Gasteiger charge is 2.40. The van der Waals surface area contributed by atoms with Gasteiger partial charge >= 0.3 is 0 Å². The maximum atomic E-state index is 6.64. The summed E-state index contributed by atoms with van der Waals surface area (Å²) in [5, 5.41) is 1.31. The van der Waals surface area contributed by atoms with Crippen LogP contribution in [0.3, 0.4) is 0 Å². The molecule has 1 radical (unpaired) electrons. The Bertz CT molecular complexity index is 919. The van der Waals surface area contributed by atoms with Gasteiger partial charge in [-0.3, -0.25) is 4.90 Å². The van der Waals surface area contributed by atoms with Crippen molar-refractivity contribution in [3.05, 3.63) is 82.1 Å². The summed E-state index contributed by atoms with van der Waals surface area (Å²) in [4.78, 5) is 8.80. The van der Waals surface area contributed by atoms with Gasteiger partial charge in [0.1, 0.15) is 0 Å². The lowest BCUT2D eigenvalue weighted by molar-refractivity contribution is 0.185. The van der Waals surface area contributed by atoms with Gasteiger partial charge in [0.25, 0.3) is 11.0 Å². The molecule has 0 spiro atoms. The lowest BCUT2D eigenvalue weighted by Crippen LogP contribution is -2.43. The standard InChI is InChI=1S/C20H17Cl2N3O/c1-26-12-14-3-2-4-17(11-14)24-10-9-18-23-19(20(22)25(18)13-24)15-5-7-16(21)8-6-15/h2-11H,12-13H2,1H3/q+1. The van der Waals surface area contributed by atoms with Crippen LogP contribution in [-0.4, -0.2) is 19.6 Å². The first kappa shape index (κ1) is 17.3. The second kappa shape index (κ2) is 7.25. The summed E-state index contributed by atoms with van der Waals surface area (Å²) in [5.74, 6) is 0.837. The van der Waals surface area contributed by atoms with Crippen LogP contribution in [0.4, 0.5) is 5.69 Å². The van der Waals surface area contributed by atoms with Crippen molar-refractivity contribution in [2.75, 3.05) is 18.7 Å². The minimum absolute atomic E-state index is 0.586. The van der Waals surface area contributed by atoms with Gasteiger partial charge in [-0.15, -0.1) is 0 Å². The zero-order valence-electron chi connectivity index (χ0n) is 14.2. The third-order valence-electron chi connectivity index (χ3n) is 4.30. The SMILES string of the molecule is COCc1cccc(N2C=CC3=NC(c4ccc(Cl)cc4)=C(Cl)[N+]3C2)c1. The van der Waals surface area contributed by atoms with Crippen molar-refractivity contribution >= 4 is 40.4 Å². The van der Waals surface area contributed by atoms with E-state index in [4.69, 9.17) is 27.9 Å². The third-order valence-corrected chi connectivity index (χ3v) is 4.94. The molecule has 0 saturated heterocycles. The van der Waals surface area contributed by atoms with Crippen LogP contribution in [0.15, 0.2) is 71.0 Å². The van der Waals surface area contributed by atoms with E-state index in [1.165, 1.54) is 0 Å². The van der Waals surface area contributed by atoms with E-state index in [-0.39, 0.29) is 0 Å². The predicted octanol–water partition coefficient (Wildman–Crippen LogP) is 4.89. The third kappa shape index (κ3) is 3.29. The molecule has 0 fully saturated rings. The van der Waals surface area contributed by atoms with E-state index in [9.17, 15) is 0 Å². The number of rotatable bonds is 4. The van der Waals surface area contributed by atoms with Crippen LogP contribution in [0.1, 0.15) is 11.1 Å². The number of hydrogen-bond acceptors (Lipinski definition) is 4. The van der Waals surface area contributed by atoms with Crippen LogP contribution < -0.4 is 9.80 Å². The van der Waals surface area contributed by atoms with Gasteiger partial charge < -0.3 is 4.74 Å². The first-order chi connectivity index (χ1) is 12.7. The molecule has 0 saturated carbocycles. The summed E-state index contributed by atoms with van der Waals surface area (Å²) >= 11 is 12.6. The Labute approximate surface area is 162 Å². The summed E-state index contributed by atoms with van der Waals surface area (Å²) < 4.78 is 5.22. The van der Waals surface area contributed by atoms with Gasteiger partial charge in [0.2, 0.25) is 6.67 Å². The van der Waals surface area contributed by atoms with E-state index in [0.717, 1.165) is 28.3 Å². The Hall–Kier alpha value is -2.11. The molecule has 0 bridgehead atoms.